The van der Waals surface area contributed by atoms with Crippen LogP contribution in [-0.4, -0.2) is 23.3 Å². The van der Waals surface area contributed by atoms with Gasteiger partial charge in [0.05, 0.1) is 5.56 Å². The minimum Gasteiger partial charge on any atom is -0.459 e. The van der Waals surface area contributed by atoms with E-state index >= 15 is 0 Å². The molecule has 1 aromatic carbocycles. The van der Waals surface area contributed by atoms with E-state index in [1.54, 1.807) is 0 Å². The van der Waals surface area contributed by atoms with Crippen molar-refractivity contribution in [2.24, 2.45) is 40.4 Å². The van der Waals surface area contributed by atoms with Gasteiger partial charge in [-0.15, -0.1) is 0 Å². The Morgan fingerprint density at radius 3 is 2.46 bits per heavy atom. The zero-order valence-corrected chi connectivity index (χ0v) is 24.6. The van der Waals surface area contributed by atoms with Crippen molar-refractivity contribution in [3.8, 4) is 0 Å². The van der Waals surface area contributed by atoms with Crippen LogP contribution >= 0.6 is 0 Å². The number of carbonyl (C=O) groups is 1. The maximum Gasteiger partial charge on any atom is 0.338 e. The van der Waals surface area contributed by atoms with Crippen LogP contribution in [-0.2, 0) is 14.5 Å². The normalized spacial score (nSPS) is 42.0. The Morgan fingerprint density at radius 2 is 1.77 bits per heavy atom. The first-order chi connectivity index (χ1) is 18.5. The minimum atomic E-state index is -0.602. The molecule has 3 fully saturated rings. The highest BCUT2D eigenvalue weighted by Gasteiger charge is 2.72. The number of ether oxygens (including phenoxy) is 1. The third-order valence-electron chi connectivity index (χ3n) is 11.7. The van der Waals surface area contributed by atoms with Crippen LogP contribution in [0.15, 0.2) is 66.3 Å². The molecule has 1 saturated heterocycles. The molecular weight excluding hydrogens is 484 g/mol. The standard InChI is InChI=1S/C35H46O4/c1-23(2)24(3)12-13-25(4)28-14-15-29-32(28,5)18-17-30-33(6)19-16-27(37-31(36)26-10-8-7-9-11-26)22-34(33)20-21-35(29,30)39-38-34/h7-13,17,20-21,23-25,27-29H,14-16,18-19,22H2,1-6H3. The van der Waals surface area contributed by atoms with E-state index in [1.165, 1.54) is 12.0 Å². The zero-order valence-electron chi connectivity index (χ0n) is 24.6. The SMILES string of the molecule is CC(C)C(C)C=CC(C)C1CCC2C34C=CC5(CC(OC(=O)c6ccccc6)CCC5(C)C3=CCC12C)OO4. The zero-order chi connectivity index (χ0) is 27.6. The number of allylic oxidation sites excluding steroid dienone is 3. The Hall–Kier alpha value is -2.17. The Bertz CT molecular complexity index is 1200. The third kappa shape index (κ3) is 3.95. The van der Waals surface area contributed by atoms with Gasteiger partial charge in [-0.3, -0.25) is 0 Å². The van der Waals surface area contributed by atoms with Crippen molar-refractivity contribution in [1.29, 1.82) is 0 Å². The van der Waals surface area contributed by atoms with E-state index < -0.39 is 11.2 Å². The fourth-order valence-electron chi connectivity index (χ4n) is 8.89. The molecule has 9 atom stereocenters. The molecule has 4 heteroatoms. The van der Waals surface area contributed by atoms with Crippen LogP contribution in [0.1, 0.15) is 90.4 Å². The van der Waals surface area contributed by atoms with Crippen LogP contribution in [0.5, 0.6) is 0 Å². The number of esters is 1. The fraction of sp³-hybridized carbons (Fsp3) is 0.629. The van der Waals surface area contributed by atoms with Crippen LogP contribution in [0, 0.1) is 40.4 Å². The molecule has 1 aromatic rings. The predicted octanol–water partition coefficient (Wildman–Crippen LogP) is 8.26. The molecule has 4 nitrogen and oxygen atoms in total. The minimum absolute atomic E-state index is 0.159. The van der Waals surface area contributed by atoms with E-state index in [-0.39, 0.29) is 22.9 Å². The third-order valence-corrected chi connectivity index (χ3v) is 11.7. The van der Waals surface area contributed by atoms with E-state index in [4.69, 9.17) is 14.5 Å². The van der Waals surface area contributed by atoms with Crippen LogP contribution in [0.4, 0.5) is 0 Å². The highest BCUT2D eigenvalue weighted by Crippen LogP contribution is 2.71. The van der Waals surface area contributed by atoms with E-state index in [2.05, 4.69) is 71.9 Å². The average Bonchev–Trinajstić information content (AvgIpc) is 3.30. The Labute approximate surface area is 234 Å². The van der Waals surface area contributed by atoms with Crippen molar-refractivity contribution < 1.29 is 19.3 Å². The van der Waals surface area contributed by atoms with Crippen molar-refractivity contribution in [1.82, 2.24) is 0 Å². The van der Waals surface area contributed by atoms with Gasteiger partial charge in [0.15, 0.2) is 0 Å². The first kappa shape index (κ1) is 27.0. The van der Waals surface area contributed by atoms with E-state index in [9.17, 15) is 4.79 Å². The van der Waals surface area contributed by atoms with Crippen molar-refractivity contribution in [3.63, 3.8) is 0 Å². The summed E-state index contributed by atoms with van der Waals surface area (Å²) < 4.78 is 6.00. The number of hydrogen-bond acceptors (Lipinski definition) is 4. The van der Waals surface area contributed by atoms with Crippen molar-refractivity contribution >= 4 is 5.97 Å². The van der Waals surface area contributed by atoms with E-state index in [0.29, 0.717) is 41.6 Å². The smallest absolute Gasteiger partial charge is 0.338 e. The Kier molecular flexibility index (Phi) is 6.55. The number of hydrogen-bond donors (Lipinski definition) is 0. The van der Waals surface area contributed by atoms with Crippen LogP contribution < -0.4 is 0 Å². The molecule has 2 aliphatic heterocycles. The van der Waals surface area contributed by atoms with Gasteiger partial charge in [-0.2, -0.15) is 0 Å². The van der Waals surface area contributed by atoms with Crippen molar-refractivity contribution in [3.05, 3.63) is 71.8 Å². The van der Waals surface area contributed by atoms with Gasteiger partial charge in [-0.1, -0.05) is 78.0 Å². The summed E-state index contributed by atoms with van der Waals surface area (Å²) in [6.07, 6.45) is 17.7. The molecule has 9 unspecified atom stereocenters. The van der Waals surface area contributed by atoms with Gasteiger partial charge in [0.1, 0.15) is 17.3 Å². The summed E-state index contributed by atoms with van der Waals surface area (Å²) in [5.41, 5.74) is 0.924. The van der Waals surface area contributed by atoms with Crippen LogP contribution in [0.25, 0.3) is 0 Å². The predicted molar refractivity (Wildman–Crippen MR) is 154 cm³/mol. The molecule has 4 aliphatic carbocycles. The Balaban J connectivity index is 1.25. The second-order valence-corrected chi connectivity index (χ2v) is 14.1. The number of benzene rings is 1. The molecule has 2 spiro atoms. The molecule has 0 amide bonds. The second-order valence-electron chi connectivity index (χ2n) is 14.1. The van der Waals surface area contributed by atoms with Crippen molar-refractivity contribution in [2.45, 2.75) is 97.4 Å². The average molecular weight is 531 g/mol. The van der Waals surface area contributed by atoms with E-state index in [1.807, 2.05) is 30.3 Å². The van der Waals surface area contributed by atoms with Gasteiger partial charge in [0, 0.05) is 17.8 Å². The molecule has 39 heavy (non-hydrogen) atoms. The Morgan fingerprint density at radius 1 is 1.00 bits per heavy atom. The lowest BCUT2D eigenvalue weighted by Gasteiger charge is -2.66. The summed E-state index contributed by atoms with van der Waals surface area (Å²) >= 11 is 0. The maximum atomic E-state index is 12.8. The number of rotatable bonds is 6. The first-order valence-corrected chi connectivity index (χ1v) is 15.3. The summed E-state index contributed by atoms with van der Waals surface area (Å²) in [7, 11) is 0. The molecule has 0 radical (unpaired) electrons. The lowest BCUT2D eigenvalue weighted by molar-refractivity contribution is -0.455. The van der Waals surface area contributed by atoms with Gasteiger partial charge in [-0.05, 0) is 91.0 Å². The number of fused-ring (bicyclic) bond motifs is 2. The number of carbonyl (C=O) groups excluding carboxylic acids is 1. The first-order valence-electron chi connectivity index (χ1n) is 15.3. The molecule has 0 N–H and O–H groups in total. The molecule has 210 valence electrons. The summed E-state index contributed by atoms with van der Waals surface area (Å²) in [6, 6.07) is 9.27. The topological polar surface area (TPSA) is 44.8 Å². The van der Waals surface area contributed by atoms with E-state index in [0.717, 1.165) is 25.7 Å². The van der Waals surface area contributed by atoms with Crippen LogP contribution in [0.3, 0.4) is 0 Å². The lowest BCUT2D eigenvalue weighted by atomic mass is 9.46. The molecule has 6 aliphatic rings. The summed E-state index contributed by atoms with van der Waals surface area (Å²) in [5, 5.41) is 0. The summed E-state index contributed by atoms with van der Waals surface area (Å²) in [4.78, 5) is 25.8. The molecule has 0 aromatic heterocycles. The summed E-state index contributed by atoms with van der Waals surface area (Å²) in [6.45, 7) is 14.2. The van der Waals surface area contributed by atoms with Gasteiger partial charge in [0.2, 0.25) is 0 Å². The van der Waals surface area contributed by atoms with Gasteiger partial charge < -0.3 is 4.74 Å². The second kappa shape index (κ2) is 9.45. The lowest BCUT2D eigenvalue weighted by Crippen LogP contribution is -2.69. The molecule has 7 rings (SSSR count). The molecular formula is C35H46O4. The van der Waals surface area contributed by atoms with Gasteiger partial charge in [-0.25, -0.2) is 14.6 Å². The quantitative estimate of drug-likeness (QED) is 0.211. The molecule has 2 heterocycles. The monoisotopic (exact) mass is 530 g/mol. The largest absolute Gasteiger partial charge is 0.459 e. The van der Waals surface area contributed by atoms with Crippen LogP contribution in [0.2, 0.25) is 0 Å². The maximum absolute atomic E-state index is 12.8. The molecule has 2 saturated carbocycles. The van der Waals surface area contributed by atoms with Gasteiger partial charge in [0.25, 0.3) is 0 Å². The highest BCUT2D eigenvalue weighted by molar-refractivity contribution is 5.89. The highest BCUT2D eigenvalue weighted by atomic mass is 17.2. The van der Waals surface area contributed by atoms with Gasteiger partial charge >= 0.3 is 5.97 Å². The molecule has 2 bridgehead atoms. The fourth-order valence-corrected chi connectivity index (χ4v) is 8.89. The summed E-state index contributed by atoms with van der Waals surface area (Å²) in [5.74, 6) is 2.55. The van der Waals surface area contributed by atoms with Crippen molar-refractivity contribution in [2.75, 3.05) is 0 Å².